The van der Waals surface area contributed by atoms with E-state index in [9.17, 15) is 27.9 Å². The Labute approximate surface area is 249 Å². The number of piperidine rings is 1. The highest BCUT2D eigenvalue weighted by Crippen LogP contribution is 2.53. The van der Waals surface area contributed by atoms with Crippen molar-refractivity contribution in [2.45, 2.75) is 74.9 Å². The molecule has 1 aromatic rings. The highest BCUT2D eigenvalue weighted by molar-refractivity contribution is 5.95. The third-order valence-electron chi connectivity index (χ3n) is 9.90. The molecule has 0 aromatic heterocycles. The summed E-state index contributed by atoms with van der Waals surface area (Å²) in [5.74, 6) is -1.82. The summed E-state index contributed by atoms with van der Waals surface area (Å²) in [5.41, 5.74) is -4.99. The summed E-state index contributed by atoms with van der Waals surface area (Å²) in [5, 5.41) is 10.3. The summed E-state index contributed by atoms with van der Waals surface area (Å²) in [6.45, 7) is 3.02. The van der Waals surface area contributed by atoms with Crippen molar-refractivity contribution in [3.05, 3.63) is 54.1 Å². The van der Waals surface area contributed by atoms with Crippen LogP contribution in [0.1, 0.15) is 56.9 Å². The zero-order chi connectivity index (χ0) is 31.0. The lowest BCUT2D eigenvalue weighted by Crippen LogP contribution is -2.58. The minimum Gasteiger partial charge on any atom is -0.493 e. The van der Waals surface area contributed by atoms with Crippen LogP contribution in [0.2, 0.25) is 0 Å². The van der Waals surface area contributed by atoms with Crippen LogP contribution < -0.4 is 4.74 Å². The van der Waals surface area contributed by atoms with Crippen LogP contribution in [0, 0.1) is 11.3 Å². The van der Waals surface area contributed by atoms with E-state index in [1.165, 1.54) is 26.2 Å². The van der Waals surface area contributed by atoms with E-state index >= 15 is 4.39 Å². The quantitative estimate of drug-likeness (QED) is 0.333. The second-order valence-electron chi connectivity index (χ2n) is 12.8. The fraction of sp³-hybridized carbons (Fsp3) is 0.625. The van der Waals surface area contributed by atoms with Gasteiger partial charge in [0, 0.05) is 25.4 Å². The molecule has 43 heavy (non-hydrogen) atoms. The van der Waals surface area contributed by atoms with Gasteiger partial charge in [0.2, 0.25) is 5.67 Å². The van der Waals surface area contributed by atoms with Crippen LogP contribution in [0.5, 0.6) is 5.75 Å². The molecule has 0 spiro atoms. The Kier molecular flexibility index (Phi) is 8.70. The maximum atomic E-state index is 16.7. The Morgan fingerprint density at radius 1 is 1.09 bits per heavy atom. The van der Waals surface area contributed by atoms with E-state index in [2.05, 4.69) is 0 Å². The summed E-state index contributed by atoms with van der Waals surface area (Å²) in [6, 6.07) is 6.81. The number of hydrogen-bond donors (Lipinski definition) is 1. The minimum atomic E-state index is -4.16. The Hall–Kier alpha value is -2.92. The first-order chi connectivity index (χ1) is 20.3. The Morgan fingerprint density at radius 3 is 2.35 bits per heavy atom. The van der Waals surface area contributed by atoms with Gasteiger partial charge < -0.3 is 24.4 Å². The third kappa shape index (κ3) is 5.94. The number of allylic oxidation sites excluding steroid dienone is 3. The number of amides is 1. The number of ether oxygens (including phenoxy) is 2. The van der Waals surface area contributed by atoms with E-state index in [1.807, 2.05) is 4.90 Å². The second-order valence-corrected chi connectivity index (χ2v) is 12.8. The maximum absolute atomic E-state index is 16.7. The molecule has 11 heteroatoms. The Bertz CT molecular complexity index is 1240. The van der Waals surface area contributed by atoms with Gasteiger partial charge >= 0.3 is 12.1 Å². The Balaban J connectivity index is 1.19. The summed E-state index contributed by atoms with van der Waals surface area (Å²) in [6.07, 6.45) is 3.28. The van der Waals surface area contributed by atoms with Gasteiger partial charge in [-0.1, -0.05) is 36.8 Å². The van der Waals surface area contributed by atoms with E-state index in [0.29, 0.717) is 37.4 Å². The maximum Gasteiger partial charge on any atom is 0.395 e. The lowest BCUT2D eigenvalue weighted by molar-refractivity contribution is -0.256. The van der Waals surface area contributed by atoms with Crippen molar-refractivity contribution in [3.63, 3.8) is 0 Å². The van der Waals surface area contributed by atoms with Gasteiger partial charge in [-0.2, -0.15) is 13.2 Å². The average molecular weight is 609 g/mol. The first-order valence-electron chi connectivity index (χ1n) is 15.0. The molecule has 0 radical (unpaired) electrons. The van der Waals surface area contributed by atoms with Crippen molar-refractivity contribution < 1.29 is 41.7 Å². The fourth-order valence-corrected chi connectivity index (χ4v) is 7.01. The van der Waals surface area contributed by atoms with Crippen molar-refractivity contribution in [1.29, 1.82) is 0 Å². The third-order valence-corrected chi connectivity index (χ3v) is 9.90. The molecule has 4 atom stereocenters. The van der Waals surface area contributed by atoms with Gasteiger partial charge in [0.15, 0.2) is 0 Å². The van der Waals surface area contributed by atoms with E-state index < -0.39 is 46.7 Å². The molecule has 4 unspecified atom stereocenters. The van der Waals surface area contributed by atoms with Gasteiger partial charge in [-0.15, -0.1) is 0 Å². The number of likely N-dealkylation sites (tertiary alicyclic amines) is 2. The van der Waals surface area contributed by atoms with Crippen molar-refractivity contribution in [1.82, 2.24) is 9.80 Å². The zero-order valence-electron chi connectivity index (χ0n) is 24.6. The number of benzene rings is 1. The SMILES string of the molecule is COC(=O)C1(C)CC(O)CN1C(=O)C1(F)C=CC=CC1c1ccc(OCC2CCN(CC3(C(F)(F)F)CCC3)CC2)cc1. The monoisotopic (exact) mass is 608 g/mol. The van der Waals surface area contributed by atoms with Crippen LogP contribution in [0.25, 0.3) is 0 Å². The molecular weight excluding hydrogens is 568 g/mol. The molecule has 1 aromatic carbocycles. The lowest BCUT2D eigenvalue weighted by Gasteiger charge is -2.47. The largest absolute Gasteiger partial charge is 0.493 e. The number of halogens is 4. The molecule has 7 nitrogen and oxygen atoms in total. The van der Waals surface area contributed by atoms with Crippen LogP contribution in [0.15, 0.2) is 48.6 Å². The molecule has 1 saturated carbocycles. The average Bonchev–Trinajstić information content (AvgIpc) is 3.28. The standard InChI is InChI=1S/C32H40F4N2O5/c1-29(28(41)42-2)18-24(39)19-38(29)27(40)31(33)15-4-3-6-26(31)23-7-9-25(10-8-23)43-20-22-11-16-37(17-12-22)21-30(13-5-14-30)32(34,35)36/h3-4,6-10,15,22,24,26,39H,5,11-14,16-21H2,1-2H3. The predicted molar refractivity (Wildman–Crippen MR) is 151 cm³/mol. The molecule has 3 fully saturated rings. The van der Waals surface area contributed by atoms with E-state index in [-0.39, 0.29) is 38.3 Å². The van der Waals surface area contributed by atoms with Gasteiger partial charge in [0.05, 0.1) is 25.2 Å². The number of alkyl halides is 4. The number of aliphatic hydroxyl groups is 1. The minimum absolute atomic E-state index is 0.0505. The first kappa shape index (κ1) is 31.5. The van der Waals surface area contributed by atoms with Gasteiger partial charge in [0.1, 0.15) is 11.3 Å². The zero-order valence-corrected chi connectivity index (χ0v) is 24.6. The lowest BCUT2D eigenvalue weighted by atomic mass is 9.67. The van der Waals surface area contributed by atoms with Gasteiger partial charge in [-0.05, 0) is 75.4 Å². The smallest absolute Gasteiger partial charge is 0.395 e. The normalized spacial score (nSPS) is 31.1. The van der Waals surface area contributed by atoms with Crippen LogP contribution in [0.3, 0.4) is 0 Å². The number of rotatable bonds is 8. The number of methoxy groups -OCH3 is 1. The van der Waals surface area contributed by atoms with Gasteiger partial charge in [-0.25, -0.2) is 9.18 Å². The Morgan fingerprint density at radius 2 is 1.77 bits per heavy atom. The molecule has 1 amide bonds. The number of β-amino-alcohol motifs (C(OH)–C–C–N with tert-alkyl or cyclic N) is 1. The highest BCUT2D eigenvalue weighted by Gasteiger charge is 2.59. The molecule has 4 aliphatic rings. The van der Waals surface area contributed by atoms with Gasteiger partial charge in [0.25, 0.3) is 5.91 Å². The summed E-state index contributed by atoms with van der Waals surface area (Å²) in [4.78, 5) is 29.2. The van der Waals surface area contributed by atoms with Gasteiger partial charge in [-0.3, -0.25) is 4.79 Å². The number of hydrogen-bond acceptors (Lipinski definition) is 6. The highest BCUT2D eigenvalue weighted by atomic mass is 19.4. The van der Waals surface area contributed by atoms with Crippen molar-refractivity contribution >= 4 is 11.9 Å². The first-order valence-corrected chi connectivity index (χ1v) is 15.0. The second kappa shape index (κ2) is 11.9. The fourth-order valence-electron chi connectivity index (χ4n) is 7.01. The van der Waals surface area contributed by atoms with E-state index in [1.54, 1.807) is 36.4 Å². The molecule has 2 aliphatic heterocycles. The van der Waals surface area contributed by atoms with Crippen LogP contribution in [-0.4, -0.2) is 90.2 Å². The molecule has 2 saturated heterocycles. The number of esters is 1. The topological polar surface area (TPSA) is 79.3 Å². The van der Waals surface area contributed by atoms with Crippen molar-refractivity contribution in [2.75, 3.05) is 39.9 Å². The van der Waals surface area contributed by atoms with Crippen LogP contribution in [0.4, 0.5) is 17.6 Å². The molecule has 2 heterocycles. The van der Waals surface area contributed by atoms with Crippen molar-refractivity contribution in [3.8, 4) is 5.75 Å². The molecule has 0 bridgehead atoms. The summed E-state index contributed by atoms with van der Waals surface area (Å²) >= 11 is 0. The predicted octanol–water partition coefficient (Wildman–Crippen LogP) is 4.95. The molecule has 2 aliphatic carbocycles. The molecule has 5 rings (SSSR count). The van der Waals surface area contributed by atoms with Crippen molar-refractivity contribution in [2.24, 2.45) is 11.3 Å². The number of carbonyl (C=O) groups excluding carboxylic acids is 2. The number of nitrogens with zero attached hydrogens (tertiary/aromatic N) is 2. The molecular formula is C32H40F4N2O5. The van der Waals surface area contributed by atoms with Crippen LogP contribution in [-0.2, 0) is 14.3 Å². The molecule has 1 N–H and O–H groups in total. The number of aliphatic hydroxyl groups excluding tert-OH is 1. The summed E-state index contributed by atoms with van der Waals surface area (Å²) in [7, 11) is 1.19. The van der Waals surface area contributed by atoms with E-state index in [0.717, 1.165) is 17.7 Å². The van der Waals surface area contributed by atoms with Crippen LogP contribution >= 0.6 is 0 Å². The molecule has 236 valence electrons. The number of carbonyl (C=O) groups is 2. The summed E-state index contributed by atoms with van der Waals surface area (Å²) < 4.78 is 68.2. The van der Waals surface area contributed by atoms with E-state index in [4.69, 9.17) is 9.47 Å².